The van der Waals surface area contributed by atoms with Crippen LogP contribution in [0.2, 0.25) is 0 Å². The molecule has 0 aliphatic heterocycles. The Kier molecular flexibility index (Phi) is 4.65. The van der Waals surface area contributed by atoms with Crippen LogP contribution in [0.1, 0.15) is 5.76 Å². The zero-order valence-electron chi connectivity index (χ0n) is 14.0. The maximum absolute atomic E-state index is 13.9. The number of rotatable bonds is 4. The minimum atomic E-state index is -3.36. The van der Waals surface area contributed by atoms with Crippen molar-refractivity contribution >= 4 is 9.84 Å². The van der Waals surface area contributed by atoms with Crippen LogP contribution in [-0.2, 0) is 9.84 Å². The van der Waals surface area contributed by atoms with Crippen molar-refractivity contribution in [1.29, 1.82) is 0 Å². The summed E-state index contributed by atoms with van der Waals surface area (Å²) in [6.45, 7) is 1.60. The Morgan fingerprint density at radius 3 is 2.31 bits per heavy atom. The Balaban J connectivity index is 2.12. The van der Waals surface area contributed by atoms with Crippen LogP contribution in [0.15, 0.2) is 68.7 Å². The standard InChI is InChI=1S/C19H15FO5S/c1-12-11-16(21)19(25-17-6-4-3-5-15(17)20)18(24-12)13-7-9-14(10-8-13)26(2,22)23/h3-11H,1-2H3. The molecular weight excluding hydrogens is 359 g/mol. The van der Waals surface area contributed by atoms with Crippen molar-refractivity contribution < 1.29 is 22.0 Å². The number of sulfone groups is 1. The molecule has 1 aromatic heterocycles. The van der Waals surface area contributed by atoms with Gasteiger partial charge in [-0.3, -0.25) is 4.79 Å². The topological polar surface area (TPSA) is 73.6 Å². The second-order valence-electron chi connectivity index (χ2n) is 5.71. The zero-order chi connectivity index (χ0) is 18.9. The summed E-state index contributed by atoms with van der Waals surface area (Å²) in [6, 6.07) is 12.7. The van der Waals surface area contributed by atoms with Gasteiger partial charge in [0.25, 0.3) is 0 Å². The number of ether oxygens (including phenoxy) is 1. The molecule has 0 aliphatic rings. The fraction of sp³-hybridized carbons (Fsp3) is 0.105. The molecule has 2 aromatic carbocycles. The molecule has 5 nitrogen and oxygen atoms in total. The van der Waals surface area contributed by atoms with Gasteiger partial charge < -0.3 is 9.15 Å². The minimum Gasteiger partial charge on any atom is -0.457 e. The molecule has 3 aromatic rings. The molecule has 134 valence electrons. The molecule has 0 N–H and O–H groups in total. The lowest BCUT2D eigenvalue weighted by Crippen LogP contribution is -2.07. The van der Waals surface area contributed by atoms with Crippen LogP contribution in [-0.4, -0.2) is 14.7 Å². The average Bonchev–Trinajstić information content (AvgIpc) is 2.58. The summed E-state index contributed by atoms with van der Waals surface area (Å²) in [7, 11) is -3.36. The van der Waals surface area contributed by atoms with Crippen LogP contribution < -0.4 is 10.2 Å². The van der Waals surface area contributed by atoms with Crippen molar-refractivity contribution in [2.45, 2.75) is 11.8 Å². The molecule has 0 aliphatic carbocycles. The third-order valence-electron chi connectivity index (χ3n) is 3.62. The molecular formula is C19H15FO5S. The lowest BCUT2D eigenvalue weighted by molar-refractivity contribution is 0.415. The van der Waals surface area contributed by atoms with E-state index in [1.165, 1.54) is 48.5 Å². The van der Waals surface area contributed by atoms with Gasteiger partial charge in [0.1, 0.15) is 5.76 Å². The first kappa shape index (κ1) is 17.9. The second kappa shape index (κ2) is 6.76. The molecule has 0 unspecified atom stereocenters. The van der Waals surface area contributed by atoms with Gasteiger partial charge in [0, 0.05) is 17.9 Å². The van der Waals surface area contributed by atoms with Crippen LogP contribution >= 0.6 is 0 Å². The molecule has 0 fully saturated rings. The predicted molar refractivity (Wildman–Crippen MR) is 94.7 cm³/mol. The van der Waals surface area contributed by atoms with E-state index in [9.17, 15) is 17.6 Å². The van der Waals surface area contributed by atoms with Gasteiger partial charge in [0.2, 0.25) is 11.2 Å². The van der Waals surface area contributed by atoms with Crippen LogP contribution in [0.25, 0.3) is 11.3 Å². The first-order valence-corrected chi connectivity index (χ1v) is 9.52. The lowest BCUT2D eigenvalue weighted by Gasteiger charge is -2.11. The maximum atomic E-state index is 13.9. The fourth-order valence-electron chi connectivity index (χ4n) is 2.38. The quantitative estimate of drug-likeness (QED) is 0.691. The Labute approximate surface area is 149 Å². The summed E-state index contributed by atoms with van der Waals surface area (Å²) >= 11 is 0. The average molecular weight is 374 g/mol. The molecule has 0 amide bonds. The zero-order valence-corrected chi connectivity index (χ0v) is 14.8. The van der Waals surface area contributed by atoms with Gasteiger partial charge in [-0.2, -0.15) is 0 Å². The SMILES string of the molecule is Cc1cc(=O)c(Oc2ccccc2F)c(-c2ccc(S(C)(=O)=O)cc2)o1. The number of halogens is 1. The van der Waals surface area contributed by atoms with E-state index < -0.39 is 21.1 Å². The van der Waals surface area contributed by atoms with Crippen molar-refractivity contribution in [2.24, 2.45) is 0 Å². The molecule has 3 rings (SSSR count). The van der Waals surface area contributed by atoms with E-state index in [1.54, 1.807) is 13.0 Å². The molecule has 0 saturated heterocycles. The fourth-order valence-corrected chi connectivity index (χ4v) is 3.01. The van der Waals surface area contributed by atoms with E-state index in [2.05, 4.69) is 0 Å². The van der Waals surface area contributed by atoms with Gasteiger partial charge in [-0.05, 0) is 43.3 Å². The maximum Gasteiger partial charge on any atom is 0.228 e. The van der Waals surface area contributed by atoms with E-state index in [-0.39, 0.29) is 22.2 Å². The molecule has 0 spiro atoms. The third kappa shape index (κ3) is 3.67. The number of hydrogen-bond acceptors (Lipinski definition) is 5. The molecule has 0 saturated carbocycles. The summed E-state index contributed by atoms with van der Waals surface area (Å²) in [6.07, 6.45) is 1.10. The highest BCUT2D eigenvalue weighted by Crippen LogP contribution is 2.32. The first-order valence-electron chi connectivity index (χ1n) is 7.63. The Bertz CT molecular complexity index is 1120. The highest BCUT2D eigenvalue weighted by atomic mass is 32.2. The van der Waals surface area contributed by atoms with Gasteiger partial charge in [-0.15, -0.1) is 0 Å². The van der Waals surface area contributed by atoms with Gasteiger partial charge in [0.05, 0.1) is 4.90 Å². The number of para-hydroxylation sites is 1. The Morgan fingerprint density at radius 1 is 1.04 bits per heavy atom. The van der Waals surface area contributed by atoms with Crippen molar-refractivity contribution in [1.82, 2.24) is 0 Å². The van der Waals surface area contributed by atoms with E-state index >= 15 is 0 Å². The largest absolute Gasteiger partial charge is 0.457 e. The summed E-state index contributed by atoms with van der Waals surface area (Å²) < 4.78 is 48.2. The molecule has 0 radical (unpaired) electrons. The van der Waals surface area contributed by atoms with Crippen molar-refractivity contribution in [3.05, 3.63) is 76.4 Å². The summed E-state index contributed by atoms with van der Waals surface area (Å²) in [4.78, 5) is 12.5. The molecule has 0 bridgehead atoms. The second-order valence-corrected chi connectivity index (χ2v) is 7.72. The third-order valence-corrected chi connectivity index (χ3v) is 4.75. The normalized spacial score (nSPS) is 11.3. The van der Waals surface area contributed by atoms with Crippen molar-refractivity contribution in [3.8, 4) is 22.8 Å². The highest BCUT2D eigenvalue weighted by Gasteiger charge is 2.18. The van der Waals surface area contributed by atoms with E-state index in [4.69, 9.17) is 9.15 Å². The van der Waals surface area contributed by atoms with E-state index in [0.29, 0.717) is 11.3 Å². The molecule has 0 atom stereocenters. The number of hydrogen-bond donors (Lipinski definition) is 0. The van der Waals surface area contributed by atoms with Crippen LogP contribution in [0.5, 0.6) is 11.5 Å². The van der Waals surface area contributed by atoms with Crippen LogP contribution in [0.3, 0.4) is 0 Å². The summed E-state index contributed by atoms with van der Waals surface area (Å²) in [5.74, 6) is -0.465. The van der Waals surface area contributed by atoms with Crippen molar-refractivity contribution in [3.63, 3.8) is 0 Å². The summed E-state index contributed by atoms with van der Waals surface area (Å²) in [5.41, 5.74) is -0.0382. The van der Waals surface area contributed by atoms with E-state index in [1.807, 2.05) is 0 Å². The van der Waals surface area contributed by atoms with E-state index in [0.717, 1.165) is 6.26 Å². The van der Waals surface area contributed by atoms with Gasteiger partial charge in [-0.25, -0.2) is 12.8 Å². The van der Waals surface area contributed by atoms with Gasteiger partial charge >= 0.3 is 0 Å². The van der Waals surface area contributed by atoms with Gasteiger partial charge in [0.15, 0.2) is 27.2 Å². The monoisotopic (exact) mass is 374 g/mol. The predicted octanol–water partition coefficient (Wildman–Crippen LogP) is 3.95. The van der Waals surface area contributed by atoms with Crippen molar-refractivity contribution in [2.75, 3.05) is 6.26 Å². The van der Waals surface area contributed by atoms with Gasteiger partial charge in [-0.1, -0.05) is 12.1 Å². The molecule has 1 heterocycles. The minimum absolute atomic E-state index is 0.0957. The first-order chi connectivity index (χ1) is 12.3. The Hall–Kier alpha value is -2.93. The van der Waals surface area contributed by atoms with Crippen LogP contribution in [0, 0.1) is 12.7 Å². The lowest BCUT2D eigenvalue weighted by atomic mass is 10.1. The molecule has 7 heteroatoms. The smallest absolute Gasteiger partial charge is 0.228 e. The molecule has 26 heavy (non-hydrogen) atoms. The number of benzene rings is 2. The Morgan fingerprint density at radius 2 is 1.69 bits per heavy atom. The summed E-state index contributed by atoms with van der Waals surface area (Å²) in [5, 5.41) is 0. The van der Waals surface area contributed by atoms with Crippen LogP contribution in [0.4, 0.5) is 4.39 Å². The number of aryl methyl sites for hydroxylation is 1. The highest BCUT2D eigenvalue weighted by molar-refractivity contribution is 7.90.